The largest absolute Gasteiger partial charge is 0.322 e. The van der Waals surface area contributed by atoms with E-state index in [1.807, 2.05) is 6.92 Å². The second-order valence-electron chi connectivity index (χ2n) is 3.08. The third kappa shape index (κ3) is 2.01. The molecule has 0 aliphatic carbocycles. The van der Waals surface area contributed by atoms with Crippen molar-refractivity contribution >= 4 is 11.3 Å². The second kappa shape index (κ2) is 3.96. The van der Waals surface area contributed by atoms with Gasteiger partial charge < -0.3 is 5.73 Å². The number of rotatable bonds is 3. The van der Waals surface area contributed by atoms with Crippen LogP contribution in [0.15, 0.2) is 0 Å². The molecule has 4 heteroatoms. The minimum Gasteiger partial charge on any atom is -0.322 e. The molecule has 2 atom stereocenters. The van der Waals surface area contributed by atoms with E-state index in [0.717, 1.165) is 16.4 Å². The maximum Gasteiger partial charge on any atom is 0.133 e. The van der Waals surface area contributed by atoms with Crippen molar-refractivity contribution < 1.29 is 0 Å². The zero-order valence-electron chi connectivity index (χ0n) is 7.74. The molecule has 0 spiro atoms. The summed E-state index contributed by atoms with van der Waals surface area (Å²) < 4.78 is 0. The molecule has 0 fully saturated rings. The average molecular weight is 185 g/mol. The number of aromatic nitrogens is 2. The van der Waals surface area contributed by atoms with E-state index < -0.39 is 0 Å². The zero-order valence-corrected chi connectivity index (χ0v) is 8.56. The predicted molar refractivity (Wildman–Crippen MR) is 51.2 cm³/mol. The lowest BCUT2D eigenvalue weighted by atomic mass is 10.1. The van der Waals surface area contributed by atoms with E-state index in [1.54, 1.807) is 11.3 Å². The molecule has 12 heavy (non-hydrogen) atoms. The standard InChI is InChI=1S/C8H15N3S/c1-4-5(2)7-10-11-8(12-7)6(3)9/h5-6H,4,9H2,1-3H3. The van der Waals surface area contributed by atoms with Gasteiger partial charge in [0.1, 0.15) is 10.0 Å². The van der Waals surface area contributed by atoms with Crippen LogP contribution in [0, 0.1) is 0 Å². The van der Waals surface area contributed by atoms with Gasteiger partial charge in [-0.25, -0.2) is 0 Å². The minimum atomic E-state index is 0.0142. The first kappa shape index (κ1) is 9.61. The van der Waals surface area contributed by atoms with Gasteiger partial charge in [-0.15, -0.1) is 10.2 Å². The van der Waals surface area contributed by atoms with Crippen molar-refractivity contribution in [3.05, 3.63) is 10.0 Å². The maximum atomic E-state index is 5.68. The molecule has 1 rings (SSSR count). The Bertz CT molecular complexity index is 244. The lowest BCUT2D eigenvalue weighted by Crippen LogP contribution is -2.03. The topological polar surface area (TPSA) is 51.8 Å². The Labute approximate surface area is 77.0 Å². The van der Waals surface area contributed by atoms with Crippen molar-refractivity contribution in [1.29, 1.82) is 0 Å². The highest BCUT2D eigenvalue weighted by Gasteiger charge is 2.11. The number of hydrogen-bond acceptors (Lipinski definition) is 4. The minimum absolute atomic E-state index is 0.0142. The summed E-state index contributed by atoms with van der Waals surface area (Å²) in [7, 11) is 0. The molecular weight excluding hydrogens is 170 g/mol. The first-order chi connectivity index (χ1) is 5.65. The summed E-state index contributed by atoms with van der Waals surface area (Å²) in [5.41, 5.74) is 5.68. The van der Waals surface area contributed by atoms with E-state index >= 15 is 0 Å². The van der Waals surface area contributed by atoms with Gasteiger partial charge in [0.25, 0.3) is 0 Å². The van der Waals surface area contributed by atoms with Crippen LogP contribution in [-0.2, 0) is 0 Å². The first-order valence-corrected chi connectivity index (χ1v) is 5.05. The Morgan fingerprint density at radius 2 is 1.92 bits per heavy atom. The van der Waals surface area contributed by atoms with E-state index in [4.69, 9.17) is 5.73 Å². The van der Waals surface area contributed by atoms with Crippen molar-refractivity contribution in [2.24, 2.45) is 5.73 Å². The highest BCUT2D eigenvalue weighted by Crippen LogP contribution is 2.24. The highest BCUT2D eigenvalue weighted by molar-refractivity contribution is 7.11. The Morgan fingerprint density at radius 1 is 1.33 bits per heavy atom. The van der Waals surface area contributed by atoms with Gasteiger partial charge in [-0.3, -0.25) is 0 Å². The van der Waals surface area contributed by atoms with Gasteiger partial charge in [-0.2, -0.15) is 0 Å². The third-order valence-corrected chi connectivity index (χ3v) is 3.24. The van der Waals surface area contributed by atoms with Crippen molar-refractivity contribution in [2.75, 3.05) is 0 Å². The summed E-state index contributed by atoms with van der Waals surface area (Å²) >= 11 is 1.63. The Morgan fingerprint density at radius 3 is 2.33 bits per heavy atom. The van der Waals surface area contributed by atoms with Gasteiger partial charge in [0, 0.05) is 5.92 Å². The summed E-state index contributed by atoms with van der Waals surface area (Å²) in [6.07, 6.45) is 1.10. The van der Waals surface area contributed by atoms with Crippen molar-refractivity contribution in [3.63, 3.8) is 0 Å². The van der Waals surface area contributed by atoms with Gasteiger partial charge in [0.2, 0.25) is 0 Å². The molecule has 3 nitrogen and oxygen atoms in total. The van der Waals surface area contributed by atoms with Crippen molar-refractivity contribution in [1.82, 2.24) is 10.2 Å². The molecule has 2 unspecified atom stereocenters. The number of nitrogens with zero attached hydrogens (tertiary/aromatic N) is 2. The van der Waals surface area contributed by atoms with Crippen LogP contribution in [-0.4, -0.2) is 10.2 Å². The summed E-state index contributed by atoms with van der Waals surface area (Å²) in [5.74, 6) is 0.509. The summed E-state index contributed by atoms with van der Waals surface area (Å²) in [5, 5.41) is 10.2. The van der Waals surface area contributed by atoms with Crippen LogP contribution in [0.5, 0.6) is 0 Å². The Kier molecular flexibility index (Phi) is 3.17. The third-order valence-electron chi connectivity index (χ3n) is 1.88. The zero-order chi connectivity index (χ0) is 9.14. The van der Waals surface area contributed by atoms with Crippen LogP contribution >= 0.6 is 11.3 Å². The van der Waals surface area contributed by atoms with Gasteiger partial charge in [-0.05, 0) is 13.3 Å². The Balaban J connectivity index is 2.77. The first-order valence-electron chi connectivity index (χ1n) is 4.24. The van der Waals surface area contributed by atoms with Crippen LogP contribution < -0.4 is 5.73 Å². The van der Waals surface area contributed by atoms with Crippen molar-refractivity contribution in [2.45, 2.75) is 39.2 Å². The fraction of sp³-hybridized carbons (Fsp3) is 0.750. The lowest BCUT2D eigenvalue weighted by Gasteiger charge is -2.00. The smallest absolute Gasteiger partial charge is 0.133 e. The van der Waals surface area contributed by atoms with Gasteiger partial charge in [0.15, 0.2) is 0 Å². The molecule has 0 aliphatic heterocycles. The molecule has 0 aliphatic rings. The molecule has 2 N–H and O–H groups in total. The SMILES string of the molecule is CCC(C)c1nnc(C(C)N)s1. The van der Waals surface area contributed by atoms with Gasteiger partial charge >= 0.3 is 0 Å². The number of hydrogen-bond donors (Lipinski definition) is 1. The molecular formula is C8H15N3S. The summed E-state index contributed by atoms with van der Waals surface area (Å²) in [4.78, 5) is 0. The van der Waals surface area contributed by atoms with E-state index in [0.29, 0.717) is 5.92 Å². The molecule has 0 bridgehead atoms. The Hall–Kier alpha value is -0.480. The fourth-order valence-corrected chi connectivity index (χ4v) is 1.74. The van der Waals surface area contributed by atoms with Gasteiger partial charge in [-0.1, -0.05) is 25.2 Å². The van der Waals surface area contributed by atoms with Crippen molar-refractivity contribution in [3.8, 4) is 0 Å². The molecule has 0 aromatic carbocycles. The monoisotopic (exact) mass is 185 g/mol. The fourth-order valence-electron chi connectivity index (χ4n) is 0.804. The molecule has 1 aromatic rings. The molecule has 1 aromatic heterocycles. The van der Waals surface area contributed by atoms with Gasteiger partial charge in [0.05, 0.1) is 6.04 Å². The van der Waals surface area contributed by atoms with Crippen LogP contribution in [0.2, 0.25) is 0 Å². The molecule has 0 radical (unpaired) electrons. The molecule has 1 heterocycles. The van der Waals surface area contributed by atoms with Crippen LogP contribution in [0.1, 0.15) is 49.2 Å². The van der Waals surface area contributed by atoms with E-state index in [9.17, 15) is 0 Å². The summed E-state index contributed by atoms with van der Waals surface area (Å²) in [6.45, 7) is 6.24. The summed E-state index contributed by atoms with van der Waals surface area (Å²) in [6, 6.07) is 0.0142. The molecule has 68 valence electrons. The molecule has 0 saturated carbocycles. The van der Waals surface area contributed by atoms with E-state index in [-0.39, 0.29) is 6.04 Å². The predicted octanol–water partition coefficient (Wildman–Crippen LogP) is 2.07. The molecule has 0 amide bonds. The molecule has 0 saturated heterocycles. The van der Waals surface area contributed by atoms with Crippen LogP contribution in [0.3, 0.4) is 0 Å². The highest BCUT2D eigenvalue weighted by atomic mass is 32.1. The second-order valence-corrected chi connectivity index (χ2v) is 4.12. The number of nitrogens with two attached hydrogens (primary N) is 1. The van der Waals surface area contributed by atoms with E-state index in [1.165, 1.54) is 0 Å². The van der Waals surface area contributed by atoms with Crippen LogP contribution in [0.25, 0.3) is 0 Å². The van der Waals surface area contributed by atoms with Crippen LogP contribution in [0.4, 0.5) is 0 Å². The maximum absolute atomic E-state index is 5.68. The normalized spacial score (nSPS) is 16.0. The average Bonchev–Trinajstić information content (AvgIpc) is 2.51. The quantitative estimate of drug-likeness (QED) is 0.784. The van der Waals surface area contributed by atoms with E-state index in [2.05, 4.69) is 24.0 Å². The lowest BCUT2D eigenvalue weighted by molar-refractivity contribution is 0.708.